The number of pyridine rings is 1. The first kappa shape index (κ1) is 15.6. The molecule has 1 aromatic carbocycles. The Kier molecular flexibility index (Phi) is 3.92. The van der Waals surface area contributed by atoms with Crippen LogP contribution in [0.15, 0.2) is 35.4 Å². The molecule has 0 aliphatic rings. The van der Waals surface area contributed by atoms with E-state index >= 15 is 0 Å². The smallest absolute Gasteiger partial charge is 0.267 e. The summed E-state index contributed by atoms with van der Waals surface area (Å²) in [5.41, 5.74) is 9.00. The summed E-state index contributed by atoms with van der Waals surface area (Å²) < 4.78 is 1.52. The first-order valence-electron chi connectivity index (χ1n) is 7.30. The standard InChI is InChI=1S/C17H17ClN4O/c1-9-7-20-8-14(10(9)2)22-16(11(3)19)21-13-6-4-5-12(18)15(13)17(22)23/h4-8,11H,19H2,1-3H3. The van der Waals surface area contributed by atoms with Gasteiger partial charge in [0.05, 0.1) is 33.9 Å². The summed E-state index contributed by atoms with van der Waals surface area (Å²) in [4.78, 5) is 21.9. The molecule has 5 nitrogen and oxygen atoms in total. The van der Waals surface area contributed by atoms with E-state index in [9.17, 15) is 4.79 Å². The molecule has 0 fully saturated rings. The third kappa shape index (κ3) is 2.52. The second-order valence-corrected chi connectivity index (χ2v) is 6.04. The van der Waals surface area contributed by atoms with Crippen molar-refractivity contribution >= 4 is 22.5 Å². The number of hydrogen-bond acceptors (Lipinski definition) is 4. The highest BCUT2D eigenvalue weighted by atomic mass is 35.5. The van der Waals surface area contributed by atoms with Gasteiger partial charge in [-0.25, -0.2) is 4.98 Å². The van der Waals surface area contributed by atoms with E-state index in [4.69, 9.17) is 17.3 Å². The Morgan fingerprint density at radius 1 is 1.26 bits per heavy atom. The van der Waals surface area contributed by atoms with Crippen molar-refractivity contribution in [1.29, 1.82) is 0 Å². The third-order valence-corrected chi connectivity index (χ3v) is 4.28. The molecule has 3 aromatic rings. The Morgan fingerprint density at radius 2 is 2.00 bits per heavy atom. The molecule has 0 aliphatic carbocycles. The molecule has 0 spiro atoms. The molecular weight excluding hydrogens is 312 g/mol. The minimum absolute atomic E-state index is 0.233. The highest BCUT2D eigenvalue weighted by Crippen LogP contribution is 2.23. The molecule has 118 valence electrons. The van der Waals surface area contributed by atoms with E-state index in [0.29, 0.717) is 27.4 Å². The molecule has 0 amide bonds. The Balaban J connectivity index is 2.51. The van der Waals surface area contributed by atoms with E-state index in [1.165, 1.54) is 4.57 Å². The van der Waals surface area contributed by atoms with Crippen LogP contribution >= 0.6 is 11.6 Å². The van der Waals surface area contributed by atoms with Gasteiger partial charge < -0.3 is 5.73 Å². The van der Waals surface area contributed by atoms with E-state index < -0.39 is 6.04 Å². The first-order chi connectivity index (χ1) is 10.9. The molecule has 0 radical (unpaired) electrons. The molecule has 6 heteroatoms. The number of fused-ring (bicyclic) bond motifs is 1. The number of aromatic nitrogens is 3. The van der Waals surface area contributed by atoms with Crippen LogP contribution < -0.4 is 11.3 Å². The first-order valence-corrected chi connectivity index (χ1v) is 7.68. The summed E-state index contributed by atoms with van der Waals surface area (Å²) in [6.45, 7) is 5.69. The van der Waals surface area contributed by atoms with Gasteiger partial charge in [-0.1, -0.05) is 17.7 Å². The number of benzene rings is 1. The maximum atomic E-state index is 13.1. The molecule has 0 saturated heterocycles. The molecule has 2 heterocycles. The van der Waals surface area contributed by atoms with Gasteiger partial charge in [0.1, 0.15) is 5.82 Å². The number of nitrogens with zero attached hydrogens (tertiary/aromatic N) is 3. The third-order valence-electron chi connectivity index (χ3n) is 3.96. The highest BCUT2D eigenvalue weighted by molar-refractivity contribution is 6.35. The predicted molar refractivity (Wildman–Crippen MR) is 92.2 cm³/mol. The molecule has 1 unspecified atom stereocenters. The van der Waals surface area contributed by atoms with Crippen LogP contribution in [0.25, 0.3) is 16.6 Å². The average molecular weight is 329 g/mol. The molecule has 0 aliphatic heterocycles. The van der Waals surface area contributed by atoms with Crippen molar-refractivity contribution in [1.82, 2.24) is 14.5 Å². The maximum absolute atomic E-state index is 13.1. The van der Waals surface area contributed by atoms with Crippen molar-refractivity contribution < 1.29 is 0 Å². The number of halogens is 1. The maximum Gasteiger partial charge on any atom is 0.267 e. The second kappa shape index (κ2) is 5.76. The Hall–Kier alpha value is -2.24. The molecule has 23 heavy (non-hydrogen) atoms. The number of hydrogen-bond donors (Lipinski definition) is 1. The van der Waals surface area contributed by atoms with Crippen molar-refractivity contribution in [2.75, 3.05) is 0 Å². The van der Waals surface area contributed by atoms with E-state index in [0.717, 1.165) is 11.1 Å². The van der Waals surface area contributed by atoms with Crippen LogP contribution in [-0.2, 0) is 0 Å². The van der Waals surface area contributed by atoms with Crippen LogP contribution in [0.3, 0.4) is 0 Å². The predicted octanol–water partition coefficient (Wildman–Crippen LogP) is 3.07. The van der Waals surface area contributed by atoms with Gasteiger partial charge in [-0.15, -0.1) is 0 Å². The molecule has 2 N–H and O–H groups in total. The van der Waals surface area contributed by atoms with Gasteiger partial charge in [-0.05, 0) is 44.0 Å². The number of aryl methyl sites for hydroxylation is 1. The quantitative estimate of drug-likeness (QED) is 0.784. The molecule has 0 saturated carbocycles. The van der Waals surface area contributed by atoms with Crippen LogP contribution in [0.4, 0.5) is 0 Å². The van der Waals surface area contributed by atoms with Crippen molar-refractivity contribution in [3.8, 4) is 5.69 Å². The van der Waals surface area contributed by atoms with Crippen LogP contribution in [0.5, 0.6) is 0 Å². The lowest BCUT2D eigenvalue weighted by atomic mass is 10.1. The van der Waals surface area contributed by atoms with Gasteiger partial charge in [0.25, 0.3) is 5.56 Å². The fourth-order valence-electron chi connectivity index (χ4n) is 2.59. The minimum atomic E-state index is -0.411. The summed E-state index contributed by atoms with van der Waals surface area (Å²) in [7, 11) is 0. The number of rotatable bonds is 2. The summed E-state index contributed by atoms with van der Waals surface area (Å²) in [5.74, 6) is 0.486. The van der Waals surface area contributed by atoms with Crippen LogP contribution in [0.2, 0.25) is 5.02 Å². The molecule has 3 rings (SSSR count). The monoisotopic (exact) mass is 328 g/mol. The second-order valence-electron chi connectivity index (χ2n) is 5.63. The van der Waals surface area contributed by atoms with E-state index in [1.807, 2.05) is 13.8 Å². The topological polar surface area (TPSA) is 73.8 Å². The van der Waals surface area contributed by atoms with Gasteiger partial charge >= 0.3 is 0 Å². The van der Waals surface area contributed by atoms with Crippen molar-refractivity contribution in [2.24, 2.45) is 5.73 Å². The van der Waals surface area contributed by atoms with E-state index in [2.05, 4.69) is 9.97 Å². The highest BCUT2D eigenvalue weighted by Gasteiger charge is 2.18. The summed E-state index contributed by atoms with van der Waals surface area (Å²) in [5, 5.41) is 0.766. The normalized spacial score (nSPS) is 12.6. The van der Waals surface area contributed by atoms with Gasteiger partial charge in [0, 0.05) is 6.20 Å². The average Bonchev–Trinajstić information content (AvgIpc) is 2.50. The largest absolute Gasteiger partial charge is 0.322 e. The summed E-state index contributed by atoms with van der Waals surface area (Å²) >= 11 is 6.22. The Labute approximate surface area is 138 Å². The lowest BCUT2D eigenvalue weighted by Gasteiger charge is -2.18. The minimum Gasteiger partial charge on any atom is -0.322 e. The van der Waals surface area contributed by atoms with E-state index in [-0.39, 0.29) is 5.56 Å². The van der Waals surface area contributed by atoms with Crippen molar-refractivity contribution in [3.63, 3.8) is 0 Å². The van der Waals surface area contributed by atoms with Gasteiger partial charge in [-0.2, -0.15) is 0 Å². The van der Waals surface area contributed by atoms with Crippen LogP contribution in [0.1, 0.15) is 29.9 Å². The van der Waals surface area contributed by atoms with E-state index in [1.54, 1.807) is 37.5 Å². The zero-order chi connectivity index (χ0) is 16.7. The molecular formula is C17H17ClN4O. The molecule has 1 atom stereocenters. The van der Waals surface area contributed by atoms with Crippen LogP contribution in [-0.4, -0.2) is 14.5 Å². The van der Waals surface area contributed by atoms with Gasteiger partial charge in [-0.3, -0.25) is 14.3 Å². The molecule has 0 bridgehead atoms. The Bertz CT molecular complexity index is 963. The van der Waals surface area contributed by atoms with Crippen molar-refractivity contribution in [2.45, 2.75) is 26.8 Å². The zero-order valence-corrected chi connectivity index (χ0v) is 13.9. The SMILES string of the molecule is Cc1cncc(-n2c(C(C)N)nc3cccc(Cl)c3c2=O)c1C. The number of nitrogens with two attached hydrogens (primary N) is 1. The Morgan fingerprint density at radius 3 is 2.70 bits per heavy atom. The fraction of sp³-hybridized carbons (Fsp3) is 0.235. The van der Waals surface area contributed by atoms with Crippen molar-refractivity contribution in [3.05, 3.63) is 62.9 Å². The summed E-state index contributed by atoms with van der Waals surface area (Å²) in [6.07, 6.45) is 3.41. The fourth-order valence-corrected chi connectivity index (χ4v) is 2.84. The lowest BCUT2D eigenvalue weighted by Crippen LogP contribution is -2.28. The zero-order valence-electron chi connectivity index (χ0n) is 13.2. The van der Waals surface area contributed by atoms with Gasteiger partial charge in [0.15, 0.2) is 0 Å². The van der Waals surface area contributed by atoms with Crippen LogP contribution in [0, 0.1) is 13.8 Å². The lowest BCUT2D eigenvalue weighted by molar-refractivity contribution is 0.693. The van der Waals surface area contributed by atoms with Gasteiger partial charge in [0.2, 0.25) is 0 Å². The molecule has 2 aromatic heterocycles. The summed E-state index contributed by atoms with van der Waals surface area (Å²) in [6, 6.07) is 4.81.